The standard InChI is InChI=1S/C15H20N4O/c1-2-13-15(17-7-1)19(11-3-4-11)14(18-13)10-20-12-5-8-16-9-6-12/h1-2,7,11-12,16H,3-6,8-10H2. The fourth-order valence-electron chi connectivity index (χ4n) is 2.95. The van der Waals surface area contributed by atoms with Crippen molar-refractivity contribution in [3.63, 3.8) is 0 Å². The van der Waals surface area contributed by atoms with E-state index >= 15 is 0 Å². The summed E-state index contributed by atoms with van der Waals surface area (Å²) in [5, 5.41) is 3.36. The molecule has 4 rings (SSSR count). The van der Waals surface area contributed by atoms with E-state index < -0.39 is 0 Å². The molecule has 2 aromatic heterocycles. The lowest BCUT2D eigenvalue weighted by molar-refractivity contribution is 0.0166. The minimum absolute atomic E-state index is 0.372. The maximum Gasteiger partial charge on any atom is 0.160 e. The highest BCUT2D eigenvalue weighted by atomic mass is 16.5. The third-order valence-electron chi connectivity index (χ3n) is 4.17. The van der Waals surface area contributed by atoms with Crippen LogP contribution in [0.5, 0.6) is 0 Å². The second-order valence-electron chi connectivity index (χ2n) is 5.74. The van der Waals surface area contributed by atoms with Crippen LogP contribution in [0.1, 0.15) is 37.5 Å². The van der Waals surface area contributed by atoms with Crippen LogP contribution in [0.15, 0.2) is 18.3 Å². The SMILES string of the molecule is c1cnc2c(c1)nc(COC1CCNCC1)n2C1CC1. The molecule has 0 atom stereocenters. The van der Waals surface area contributed by atoms with E-state index in [1.165, 1.54) is 12.8 Å². The van der Waals surface area contributed by atoms with Gasteiger partial charge in [0.15, 0.2) is 5.65 Å². The molecule has 1 saturated heterocycles. The highest BCUT2D eigenvalue weighted by molar-refractivity contribution is 5.71. The maximum absolute atomic E-state index is 6.07. The molecule has 1 saturated carbocycles. The predicted molar refractivity (Wildman–Crippen MR) is 76.5 cm³/mol. The fourth-order valence-corrected chi connectivity index (χ4v) is 2.95. The summed E-state index contributed by atoms with van der Waals surface area (Å²) in [4.78, 5) is 9.21. The quantitative estimate of drug-likeness (QED) is 0.925. The van der Waals surface area contributed by atoms with Gasteiger partial charge in [0.2, 0.25) is 0 Å². The number of aromatic nitrogens is 3. The molecule has 5 nitrogen and oxygen atoms in total. The molecule has 2 fully saturated rings. The Kier molecular flexibility index (Phi) is 3.16. The third-order valence-corrected chi connectivity index (χ3v) is 4.17. The van der Waals surface area contributed by atoms with Gasteiger partial charge < -0.3 is 14.6 Å². The smallest absolute Gasteiger partial charge is 0.160 e. The fraction of sp³-hybridized carbons (Fsp3) is 0.600. The van der Waals surface area contributed by atoms with Gasteiger partial charge in [0.1, 0.15) is 17.9 Å². The minimum atomic E-state index is 0.372. The van der Waals surface area contributed by atoms with Crippen molar-refractivity contribution in [3.8, 4) is 0 Å². The third kappa shape index (κ3) is 2.31. The molecule has 106 valence electrons. The summed E-state index contributed by atoms with van der Waals surface area (Å²) in [5.41, 5.74) is 2.00. The highest BCUT2D eigenvalue weighted by Gasteiger charge is 2.29. The molecule has 0 spiro atoms. The Morgan fingerprint density at radius 3 is 2.90 bits per heavy atom. The molecule has 1 aliphatic carbocycles. The topological polar surface area (TPSA) is 52.0 Å². The maximum atomic E-state index is 6.07. The van der Waals surface area contributed by atoms with Crippen LogP contribution < -0.4 is 5.32 Å². The second kappa shape index (κ2) is 5.14. The molecule has 3 heterocycles. The van der Waals surface area contributed by atoms with E-state index in [0.29, 0.717) is 18.8 Å². The summed E-state index contributed by atoms with van der Waals surface area (Å²) in [6.45, 7) is 2.73. The van der Waals surface area contributed by atoms with Crippen molar-refractivity contribution in [2.45, 2.75) is 44.4 Å². The molecule has 2 aliphatic rings. The average molecular weight is 272 g/mol. The van der Waals surface area contributed by atoms with Crippen molar-refractivity contribution >= 4 is 11.2 Å². The van der Waals surface area contributed by atoms with E-state index in [1.807, 2.05) is 18.3 Å². The highest BCUT2D eigenvalue weighted by Crippen LogP contribution is 2.38. The number of imidazole rings is 1. The lowest BCUT2D eigenvalue weighted by Crippen LogP contribution is -2.32. The van der Waals surface area contributed by atoms with Crippen molar-refractivity contribution in [1.82, 2.24) is 19.9 Å². The zero-order valence-electron chi connectivity index (χ0n) is 11.6. The summed E-state index contributed by atoms with van der Waals surface area (Å²) in [5.74, 6) is 1.04. The molecule has 0 radical (unpaired) electrons. The van der Waals surface area contributed by atoms with Gasteiger partial charge in [-0.25, -0.2) is 9.97 Å². The van der Waals surface area contributed by atoms with Gasteiger partial charge >= 0.3 is 0 Å². The van der Waals surface area contributed by atoms with Gasteiger partial charge in [0, 0.05) is 12.2 Å². The van der Waals surface area contributed by atoms with Crippen LogP contribution in [0.3, 0.4) is 0 Å². The zero-order valence-corrected chi connectivity index (χ0v) is 11.6. The first kappa shape index (κ1) is 12.3. The molecule has 1 N–H and O–H groups in total. The van der Waals surface area contributed by atoms with Gasteiger partial charge in [-0.1, -0.05) is 0 Å². The lowest BCUT2D eigenvalue weighted by atomic mass is 10.1. The van der Waals surface area contributed by atoms with Crippen molar-refractivity contribution in [2.24, 2.45) is 0 Å². The normalized spacial score (nSPS) is 20.6. The van der Waals surface area contributed by atoms with Crippen LogP contribution in [0.4, 0.5) is 0 Å². The number of ether oxygens (including phenoxy) is 1. The minimum Gasteiger partial charge on any atom is -0.370 e. The number of hydrogen-bond acceptors (Lipinski definition) is 4. The molecule has 5 heteroatoms. The van der Waals surface area contributed by atoms with E-state index in [4.69, 9.17) is 9.72 Å². The van der Waals surface area contributed by atoms with Crippen molar-refractivity contribution < 1.29 is 4.74 Å². The first-order valence-corrected chi connectivity index (χ1v) is 7.56. The number of hydrogen-bond donors (Lipinski definition) is 1. The number of nitrogens with zero attached hydrogens (tertiary/aromatic N) is 3. The summed E-state index contributed by atoms with van der Waals surface area (Å²) < 4.78 is 8.35. The van der Waals surface area contributed by atoms with Gasteiger partial charge in [-0.2, -0.15) is 0 Å². The lowest BCUT2D eigenvalue weighted by Gasteiger charge is -2.22. The van der Waals surface area contributed by atoms with Gasteiger partial charge in [0.25, 0.3) is 0 Å². The van der Waals surface area contributed by atoms with E-state index in [-0.39, 0.29) is 0 Å². The Morgan fingerprint density at radius 1 is 1.25 bits per heavy atom. The van der Waals surface area contributed by atoms with Gasteiger partial charge in [-0.15, -0.1) is 0 Å². The molecule has 2 aromatic rings. The Hall–Kier alpha value is -1.46. The first-order valence-electron chi connectivity index (χ1n) is 7.56. The van der Waals surface area contributed by atoms with E-state index in [1.54, 1.807) is 0 Å². The van der Waals surface area contributed by atoms with E-state index in [2.05, 4.69) is 14.9 Å². The van der Waals surface area contributed by atoms with Crippen LogP contribution >= 0.6 is 0 Å². The Morgan fingerprint density at radius 2 is 2.10 bits per heavy atom. The van der Waals surface area contributed by atoms with Crippen LogP contribution in [-0.4, -0.2) is 33.7 Å². The van der Waals surface area contributed by atoms with Gasteiger partial charge in [0.05, 0.1) is 6.10 Å². The van der Waals surface area contributed by atoms with Crippen LogP contribution in [-0.2, 0) is 11.3 Å². The van der Waals surface area contributed by atoms with Crippen molar-refractivity contribution in [2.75, 3.05) is 13.1 Å². The molecule has 0 aromatic carbocycles. The van der Waals surface area contributed by atoms with E-state index in [0.717, 1.165) is 42.9 Å². The molecule has 20 heavy (non-hydrogen) atoms. The summed E-state index contributed by atoms with van der Waals surface area (Å²) in [6.07, 6.45) is 6.89. The summed E-state index contributed by atoms with van der Waals surface area (Å²) in [6, 6.07) is 4.57. The summed E-state index contributed by atoms with van der Waals surface area (Å²) >= 11 is 0. The molecule has 0 bridgehead atoms. The Balaban J connectivity index is 1.57. The summed E-state index contributed by atoms with van der Waals surface area (Å²) in [7, 11) is 0. The molecular formula is C15H20N4O. The number of fused-ring (bicyclic) bond motifs is 1. The largest absolute Gasteiger partial charge is 0.370 e. The second-order valence-corrected chi connectivity index (χ2v) is 5.74. The average Bonchev–Trinajstić information content (AvgIpc) is 3.27. The molecule has 0 amide bonds. The van der Waals surface area contributed by atoms with Crippen LogP contribution in [0.2, 0.25) is 0 Å². The molecule has 0 unspecified atom stereocenters. The van der Waals surface area contributed by atoms with Crippen LogP contribution in [0.25, 0.3) is 11.2 Å². The Labute approximate surface area is 118 Å². The monoisotopic (exact) mass is 272 g/mol. The number of nitrogens with one attached hydrogen (secondary N) is 1. The van der Waals surface area contributed by atoms with Crippen molar-refractivity contribution in [1.29, 1.82) is 0 Å². The zero-order chi connectivity index (χ0) is 13.4. The molecule has 1 aliphatic heterocycles. The van der Waals surface area contributed by atoms with Crippen molar-refractivity contribution in [3.05, 3.63) is 24.2 Å². The van der Waals surface area contributed by atoms with Gasteiger partial charge in [-0.05, 0) is 50.9 Å². The number of pyridine rings is 1. The number of rotatable bonds is 4. The van der Waals surface area contributed by atoms with Gasteiger partial charge in [-0.3, -0.25) is 0 Å². The Bertz CT molecular complexity index is 599. The predicted octanol–water partition coefficient (Wildman–Crippen LogP) is 2.03. The molecular weight excluding hydrogens is 252 g/mol. The van der Waals surface area contributed by atoms with Crippen LogP contribution in [0, 0.1) is 0 Å². The number of piperidine rings is 1. The van der Waals surface area contributed by atoms with E-state index in [9.17, 15) is 0 Å². The first-order chi connectivity index (χ1) is 9.92.